The number of nitrogens with zero attached hydrogens (tertiary/aromatic N) is 1. The molecule has 22 heavy (non-hydrogen) atoms. The number of aliphatic hydroxyl groups excluding tert-OH is 4. The van der Waals surface area contributed by atoms with Gasteiger partial charge in [0.15, 0.2) is 5.75 Å². The van der Waals surface area contributed by atoms with Crippen molar-refractivity contribution in [3.63, 3.8) is 0 Å². The zero-order chi connectivity index (χ0) is 16.4. The van der Waals surface area contributed by atoms with Gasteiger partial charge < -0.3 is 29.9 Å². The van der Waals surface area contributed by atoms with Gasteiger partial charge >= 0.3 is 5.69 Å². The molecule has 0 aromatic heterocycles. The van der Waals surface area contributed by atoms with Crippen molar-refractivity contribution in [3.05, 3.63) is 33.3 Å². The zero-order valence-corrected chi connectivity index (χ0v) is 11.8. The van der Waals surface area contributed by atoms with Crippen LogP contribution in [0.25, 0.3) is 0 Å². The van der Waals surface area contributed by atoms with E-state index in [0.29, 0.717) is 0 Å². The number of ether oxygens (including phenoxy) is 2. The highest BCUT2D eigenvalue weighted by molar-refractivity contribution is 6.30. The van der Waals surface area contributed by atoms with Gasteiger partial charge in [-0.1, -0.05) is 11.6 Å². The third-order valence-corrected chi connectivity index (χ3v) is 3.44. The molecular formula is C12H14ClNO8. The van der Waals surface area contributed by atoms with E-state index in [4.69, 9.17) is 26.2 Å². The predicted molar refractivity (Wildman–Crippen MR) is 72.5 cm³/mol. The van der Waals surface area contributed by atoms with E-state index in [0.717, 1.165) is 6.07 Å². The van der Waals surface area contributed by atoms with Gasteiger partial charge in [-0.3, -0.25) is 10.1 Å². The molecule has 5 atom stereocenters. The molecule has 0 radical (unpaired) electrons. The van der Waals surface area contributed by atoms with Crippen LogP contribution in [-0.2, 0) is 4.74 Å². The maximum absolute atomic E-state index is 11.0. The molecule has 0 saturated carbocycles. The molecule has 9 nitrogen and oxygen atoms in total. The summed E-state index contributed by atoms with van der Waals surface area (Å²) in [5.74, 6) is -0.237. The molecule has 1 heterocycles. The van der Waals surface area contributed by atoms with Crippen molar-refractivity contribution in [2.75, 3.05) is 6.61 Å². The first-order valence-corrected chi connectivity index (χ1v) is 6.64. The van der Waals surface area contributed by atoms with E-state index in [1.165, 1.54) is 12.1 Å². The number of aliphatic hydroxyl groups is 4. The molecular weight excluding hydrogens is 322 g/mol. The highest BCUT2D eigenvalue weighted by Crippen LogP contribution is 2.33. The number of benzene rings is 1. The number of hydrogen-bond donors (Lipinski definition) is 4. The fourth-order valence-corrected chi connectivity index (χ4v) is 2.19. The number of nitro benzene ring substituents is 1. The maximum Gasteiger partial charge on any atom is 0.312 e. The highest BCUT2D eigenvalue weighted by atomic mass is 35.5. The van der Waals surface area contributed by atoms with E-state index >= 15 is 0 Å². The minimum atomic E-state index is -1.66. The largest absolute Gasteiger partial charge is 0.455 e. The lowest BCUT2D eigenvalue weighted by Crippen LogP contribution is -2.60. The molecule has 1 aliphatic rings. The molecule has 0 aliphatic carbocycles. The van der Waals surface area contributed by atoms with Gasteiger partial charge in [0.1, 0.15) is 24.4 Å². The molecule has 2 rings (SSSR count). The van der Waals surface area contributed by atoms with Crippen molar-refractivity contribution in [2.45, 2.75) is 30.7 Å². The summed E-state index contributed by atoms with van der Waals surface area (Å²) in [7, 11) is 0. The molecule has 1 saturated heterocycles. The number of nitro groups is 1. The zero-order valence-electron chi connectivity index (χ0n) is 11.1. The minimum Gasteiger partial charge on any atom is -0.455 e. The summed E-state index contributed by atoms with van der Waals surface area (Å²) in [6, 6.07) is 3.61. The fourth-order valence-electron chi connectivity index (χ4n) is 2.02. The number of rotatable bonds is 4. The summed E-state index contributed by atoms with van der Waals surface area (Å²) in [5.41, 5.74) is -0.454. The third-order valence-electron chi connectivity index (χ3n) is 3.21. The predicted octanol–water partition coefficient (Wildman–Crippen LogP) is -0.573. The Morgan fingerprint density at radius 3 is 2.55 bits per heavy atom. The third kappa shape index (κ3) is 3.29. The van der Waals surface area contributed by atoms with Gasteiger partial charge in [0.05, 0.1) is 11.5 Å². The number of halogens is 1. The van der Waals surface area contributed by atoms with E-state index in [9.17, 15) is 25.4 Å². The summed E-state index contributed by atoms with van der Waals surface area (Å²) in [6.07, 6.45) is -7.51. The van der Waals surface area contributed by atoms with Crippen molar-refractivity contribution < 1.29 is 34.8 Å². The van der Waals surface area contributed by atoms with Crippen LogP contribution in [0.3, 0.4) is 0 Å². The topological polar surface area (TPSA) is 143 Å². The molecule has 0 bridgehead atoms. The van der Waals surface area contributed by atoms with Crippen molar-refractivity contribution in [3.8, 4) is 5.75 Å². The Kier molecular flexibility index (Phi) is 5.16. The molecule has 1 aliphatic heterocycles. The molecule has 1 aromatic carbocycles. The summed E-state index contributed by atoms with van der Waals surface area (Å²) in [4.78, 5) is 10.2. The van der Waals surface area contributed by atoms with Crippen molar-refractivity contribution in [1.29, 1.82) is 0 Å². The normalized spacial score (nSPS) is 31.8. The molecule has 122 valence electrons. The van der Waals surface area contributed by atoms with Gasteiger partial charge in [-0.2, -0.15) is 0 Å². The summed E-state index contributed by atoms with van der Waals surface area (Å²) >= 11 is 5.67. The second-order valence-electron chi connectivity index (χ2n) is 4.68. The monoisotopic (exact) mass is 335 g/mol. The van der Waals surface area contributed by atoms with Gasteiger partial charge in [-0.25, -0.2) is 0 Å². The minimum absolute atomic E-state index is 0.118. The Morgan fingerprint density at radius 2 is 1.95 bits per heavy atom. The van der Waals surface area contributed by atoms with Gasteiger partial charge in [-0.05, 0) is 12.1 Å². The van der Waals surface area contributed by atoms with Crippen LogP contribution in [0.1, 0.15) is 0 Å². The van der Waals surface area contributed by atoms with E-state index < -0.39 is 47.9 Å². The molecule has 5 unspecified atom stereocenters. The SMILES string of the molecule is O=[N+]([O-])c1cc(Cl)ccc1OC1OC(CO)C(O)C(O)C1O. The Morgan fingerprint density at radius 1 is 1.27 bits per heavy atom. The first kappa shape index (κ1) is 16.9. The van der Waals surface area contributed by atoms with E-state index in [-0.39, 0.29) is 10.8 Å². The van der Waals surface area contributed by atoms with Gasteiger partial charge in [-0.15, -0.1) is 0 Å². The molecule has 10 heteroatoms. The Balaban J connectivity index is 2.24. The highest BCUT2D eigenvalue weighted by Gasteiger charge is 2.45. The van der Waals surface area contributed by atoms with Crippen molar-refractivity contribution >= 4 is 17.3 Å². The molecule has 4 N–H and O–H groups in total. The van der Waals surface area contributed by atoms with Gasteiger partial charge in [0.25, 0.3) is 0 Å². The van der Waals surface area contributed by atoms with Crippen LogP contribution in [0.2, 0.25) is 5.02 Å². The number of hydrogen-bond acceptors (Lipinski definition) is 8. The lowest BCUT2D eigenvalue weighted by molar-refractivity contribution is -0.387. The van der Waals surface area contributed by atoms with Crippen LogP contribution in [0.5, 0.6) is 5.75 Å². The van der Waals surface area contributed by atoms with E-state index in [2.05, 4.69) is 0 Å². The quantitative estimate of drug-likeness (QED) is 0.423. The van der Waals surface area contributed by atoms with Crippen LogP contribution >= 0.6 is 11.6 Å². The van der Waals surface area contributed by atoms with Crippen LogP contribution in [0, 0.1) is 10.1 Å². The first-order chi connectivity index (χ1) is 10.3. The summed E-state index contributed by atoms with van der Waals surface area (Å²) in [5, 5.41) is 49.3. The standard InChI is InChI=1S/C12H14ClNO8/c13-5-1-2-7(6(3-5)14(19)20)21-12-11(18)10(17)9(16)8(4-15)22-12/h1-3,8-12,15-18H,4H2. The average molecular weight is 336 g/mol. The Labute approximate surface area is 129 Å². The molecule has 0 amide bonds. The van der Waals surface area contributed by atoms with E-state index in [1.807, 2.05) is 0 Å². The van der Waals surface area contributed by atoms with Crippen LogP contribution in [0.4, 0.5) is 5.69 Å². The lowest BCUT2D eigenvalue weighted by atomic mass is 9.99. The van der Waals surface area contributed by atoms with Gasteiger partial charge in [0, 0.05) is 11.1 Å². The van der Waals surface area contributed by atoms with E-state index in [1.54, 1.807) is 0 Å². The van der Waals surface area contributed by atoms with Crippen LogP contribution in [-0.4, -0.2) is 62.7 Å². The van der Waals surface area contributed by atoms with Crippen molar-refractivity contribution in [2.24, 2.45) is 0 Å². The molecule has 0 spiro atoms. The Hall–Kier alpha value is -1.49. The average Bonchev–Trinajstić information content (AvgIpc) is 2.49. The molecule has 1 aromatic rings. The smallest absolute Gasteiger partial charge is 0.312 e. The Bertz CT molecular complexity index is 554. The molecule has 1 fully saturated rings. The fraction of sp³-hybridized carbons (Fsp3) is 0.500. The summed E-state index contributed by atoms with van der Waals surface area (Å²) < 4.78 is 10.3. The summed E-state index contributed by atoms with van der Waals surface area (Å²) in [6.45, 7) is -0.631. The van der Waals surface area contributed by atoms with Crippen molar-refractivity contribution in [1.82, 2.24) is 0 Å². The lowest BCUT2D eigenvalue weighted by Gasteiger charge is -2.39. The first-order valence-electron chi connectivity index (χ1n) is 6.26. The maximum atomic E-state index is 11.0. The second-order valence-corrected chi connectivity index (χ2v) is 5.12. The van der Waals surface area contributed by atoms with Crippen LogP contribution in [0.15, 0.2) is 18.2 Å². The second kappa shape index (κ2) is 6.73. The van der Waals surface area contributed by atoms with Crippen LogP contribution < -0.4 is 4.74 Å². The van der Waals surface area contributed by atoms with Gasteiger partial charge in [0.2, 0.25) is 6.29 Å².